The molecule has 0 aliphatic rings. The Balaban J connectivity index is 1.73. The first-order valence-electron chi connectivity index (χ1n) is 14.4. The largest absolute Gasteiger partial charge is 0.399 e. The number of aliphatic hydroxyl groups excluding tert-OH is 1. The SMILES string of the molecule is CCCn1c(=O)c2c(nc(Cc3ccccc3)n2CCN(CC)CCO)n(CCCCc2ccc(N)cc2)c1=O. The Morgan fingerprint density at radius 3 is 2.27 bits per heavy atom. The van der Waals surface area contributed by atoms with Crippen molar-refractivity contribution in [2.24, 2.45) is 0 Å². The lowest BCUT2D eigenvalue weighted by molar-refractivity contribution is 0.197. The Kier molecular flexibility index (Phi) is 10.3. The second-order valence-electron chi connectivity index (χ2n) is 10.3. The normalized spacial score (nSPS) is 11.6. The number of nitrogen functional groups attached to an aromatic ring is 1. The van der Waals surface area contributed by atoms with Crippen LogP contribution < -0.4 is 17.0 Å². The lowest BCUT2D eigenvalue weighted by Crippen LogP contribution is -2.41. The number of rotatable bonds is 15. The Labute approximate surface area is 235 Å². The van der Waals surface area contributed by atoms with Crippen molar-refractivity contribution in [2.75, 3.05) is 32.0 Å². The molecule has 0 unspecified atom stereocenters. The molecule has 0 saturated carbocycles. The molecule has 214 valence electrons. The molecule has 40 heavy (non-hydrogen) atoms. The Bertz CT molecular complexity index is 1490. The van der Waals surface area contributed by atoms with Crippen LogP contribution in [0.5, 0.6) is 0 Å². The third kappa shape index (κ3) is 6.89. The molecule has 2 aromatic carbocycles. The Morgan fingerprint density at radius 1 is 0.850 bits per heavy atom. The fourth-order valence-electron chi connectivity index (χ4n) is 5.21. The Hall–Kier alpha value is -3.69. The summed E-state index contributed by atoms with van der Waals surface area (Å²) in [5.74, 6) is 0.766. The number of benzene rings is 2. The summed E-state index contributed by atoms with van der Waals surface area (Å²) in [7, 11) is 0. The zero-order valence-electron chi connectivity index (χ0n) is 23.8. The van der Waals surface area contributed by atoms with Gasteiger partial charge < -0.3 is 15.4 Å². The molecule has 0 radical (unpaired) electrons. The summed E-state index contributed by atoms with van der Waals surface area (Å²) in [5, 5.41) is 9.48. The molecule has 0 atom stereocenters. The number of unbranched alkanes of at least 4 members (excludes halogenated alkanes) is 1. The molecule has 9 heteroatoms. The van der Waals surface area contributed by atoms with E-state index in [4.69, 9.17) is 10.7 Å². The third-order valence-corrected chi connectivity index (χ3v) is 7.43. The van der Waals surface area contributed by atoms with Crippen molar-refractivity contribution in [3.8, 4) is 0 Å². The van der Waals surface area contributed by atoms with Gasteiger partial charge in [0, 0.05) is 44.8 Å². The summed E-state index contributed by atoms with van der Waals surface area (Å²) >= 11 is 0. The maximum Gasteiger partial charge on any atom is 0.332 e. The van der Waals surface area contributed by atoms with Crippen LogP contribution in [0.25, 0.3) is 11.2 Å². The molecule has 0 bridgehead atoms. The molecule has 2 aromatic heterocycles. The van der Waals surface area contributed by atoms with Crippen LogP contribution in [0, 0.1) is 0 Å². The van der Waals surface area contributed by atoms with Gasteiger partial charge in [-0.05, 0) is 55.5 Å². The minimum absolute atomic E-state index is 0.0780. The smallest absolute Gasteiger partial charge is 0.332 e. The van der Waals surface area contributed by atoms with Gasteiger partial charge in [0.2, 0.25) is 0 Å². The first kappa shape index (κ1) is 29.3. The second-order valence-corrected chi connectivity index (χ2v) is 10.3. The highest BCUT2D eigenvalue weighted by Crippen LogP contribution is 2.17. The van der Waals surface area contributed by atoms with Crippen molar-refractivity contribution in [3.05, 3.63) is 92.4 Å². The van der Waals surface area contributed by atoms with Crippen molar-refractivity contribution in [2.45, 2.75) is 65.6 Å². The van der Waals surface area contributed by atoms with Crippen LogP contribution in [-0.4, -0.2) is 54.9 Å². The van der Waals surface area contributed by atoms with E-state index < -0.39 is 0 Å². The molecule has 4 aromatic rings. The zero-order chi connectivity index (χ0) is 28.5. The van der Waals surface area contributed by atoms with Crippen molar-refractivity contribution < 1.29 is 5.11 Å². The van der Waals surface area contributed by atoms with Crippen molar-refractivity contribution in [3.63, 3.8) is 0 Å². The molecule has 3 N–H and O–H groups in total. The quantitative estimate of drug-likeness (QED) is 0.175. The lowest BCUT2D eigenvalue weighted by atomic mass is 10.1. The van der Waals surface area contributed by atoms with Gasteiger partial charge in [-0.1, -0.05) is 56.3 Å². The van der Waals surface area contributed by atoms with Gasteiger partial charge in [-0.15, -0.1) is 0 Å². The van der Waals surface area contributed by atoms with Crippen LogP contribution in [0.4, 0.5) is 5.69 Å². The molecule has 0 saturated heterocycles. The number of anilines is 1. The highest BCUT2D eigenvalue weighted by molar-refractivity contribution is 5.71. The number of nitrogens with two attached hydrogens (primary N) is 1. The number of nitrogens with zero attached hydrogens (tertiary/aromatic N) is 5. The van der Waals surface area contributed by atoms with E-state index in [1.807, 2.05) is 66.1 Å². The van der Waals surface area contributed by atoms with Crippen LogP contribution in [-0.2, 0) is 32.5 Å². The van der Waals surface area contributed by atoms with Gasteiger partial charge in [-0.25, -0.2) is 9.78 Å². The fraction of sp³-hybridized carbons (Fsp3) is 0.452. The number of likely N-dealkylation sites (N-methyl/N-ethyl adjacent to an activating group) is 1. The van der Waals surface area contributed by atoms with E-state index in [-0.39, 0.29) is 17.9 Å². The summed E-state index contributed by atoms with van der Waals surface area (Å²) in [6.45, 7) is 7.53. The molecule has 4 rings (SSSR count). The minimum atomic E-state index is -0.293. The summed E-state index contributed by atoms with van der Waals surface area (Å²) in [5.41, 5.74) is 9.23. The second kappa shape index (κ2) is 14.1. The number of hydrogen-bond acceptors (Lipinski definition) is 6. The van der Waals surface area contributed by atoms with Gasteiger partial charge in [-0.3, -0.25) is 18.8 Å². The number of fused-ring (bicyclic) bond motifs is 1. The predicted octanol–water partition coefficient (Wildman–Crippen LogP) is 3.28. The Morgan fingerprint density at radius 2 is 1.60 bits per heavy atom. The van der Waals surface area contributed by atoms with Gasteiger partial charge in [0.1, 0.15) is 5.82 Å². The summed E-state index contributed by atoms with van der Waals surface area (Å²) in [6, 6.07) is 18.0. The van der Waals surface area contributed by atoms with Gasteiger partial charge in [-0.2, -0.15) is 0 Å². The van der Waals surface area contributed by atoms with Crippen LogP contribution >= 0.6 is 0 Å². The topological polar surface area (TPSA) is 111 Å². The molecular weight excluding hydrogens is 504 g/mol. The maximum absolute atomic E-state index is 13.8. The van der Waals surface area contributed by atoms with E-state index >= 15 is 0 Å². The van der Waals surface area contributed by atoms with Gasteiger partial charge in [0.05, 0.1) is 6.61 Å². The average molecular weight is 547 g/mol. The molecule has 0 fully saturated rings. The number of imidazole rings is 1. The van der Waals surface area contributed by atoms with E-state index in [1.54, 1.807) is 4.57 Å². The standard InChI is InChI=1S/C31H42N6O3/c1-3-17-37-30(39)28-29(36(31(37)40)18-9-8-10-24-13-15-26(32)16-14-24)33-27(23-25-11-6-5-7-12-25)35(28)20-19-34(4-2)21-22-38/h5-7,11-16,38H,3-4,8-10,17-23,32H2,1-2H3. The van der Waals surface area contributed by atoms with Gasteiger partial charge >= 0.3 is 5.69 Å². The zero-order valence-corrected chi connectivity index (χ0v) is 23.8. The van der Waals surface area contributed by atoms with E-state index in [2.05, 4.69) is 11.8 Å². The van der Waals surface area contributed by atoms with Crippen molar-refractivity contribution in [1.82, 2.24) is 23.6 Å². The molecule has 9 nitrogen and oxygen atoms in total. The highest BCUT2D eigenvalue weighted by atomic mass is 16.3. The van der Waals surface area contributed by atoms with Crippen molar-refractivity contribution in [1.29, 1.82) is 0 Å². The molecule has 0 spiro atoms. The average Bonchev–Trinajstić information content (AvgIpc) is 3.32. The molecule has 0 aliphatic carbocycles. The van der Waals surface area contributed by atoms with E-state index in [9.17, 15) is 14.7 Å². The van der Waals surface area contributed by atoms with Crippen LogP contribution in [0.1, 0.15) is 50.1 Å². The fourth-order valence-corrected chi connectivity index (χ4v) is 5.21. The summed E-state index contributed by atoms with van der Waals surface area (Å²) in [4.78, 5) is 34.5. The predicted molar refractivity (Wildman–Crippen MR) is 161 cm³/mol. The summed E-state index contributed by atoms with van der Waals surface area (Å²) in [6.07, 6.45) is 3.81. The van der Waals surface area contributed by atoms with Gasteiger partial charge in [0.15, 0.2) is 11.2 Å². The molecule has 2 heterocycles. The van der Waals surface area contributed by atoms with Gasteiger partial charge in [0.25, 0.3) is 5.56 Å². The number of aromatic nitrogens is 4. The van der Waals surface area contributed by atoms with Crippen LogP contribution in [0.2, 0.25) is 0 Å². The van der Waals surface area contributed by atoms with E-state index in [1.165, 1.54) is 10.1 Å². The van der Waals surface area contributed by atoms with Crippen LogP contribution in [0.3, 0.4) is 0 Å². The third-order valence-electron chi connectivity index (χ3n) is 7.43. The first-order chi connectivity index (χ1) is 19.5. The van der Waals surface area contributed by atoms with Crippen LogP contribution in [0.15, 0.2) is 64.2 Å². The molecule has 0 aliphatic heterocycles. The van der Waals surface area contributed by atoms with E-state index in [0.29, 0.717) is 56.7 Å². The van der Waals surface area contributed by atoms with E-state index in [0.717, 1.165) is 42.9 Å². The monoisotopic (exact) mass is 546 g/mol. The number of aryl methyl sites for hydroxylation is 2. The number of aliphatic hydroxyl groups is 1. The summed E-state index contributed by atoms with van der Waals surface area (Å²) < 4.78 is 5.07. The first-order valence-corrected chi connectivity index (χ1v) is 14.4. The molecule has 0 amide bonds. The van der Waals surface area contributed by atoms with Crippen molar-refractivity contribution >= 4 is 16.9 Å². The highest BCUT2D eigenvalue weighted by Gasteiger charge is 2.22. The lowest BCUT2D eigenvalue weighted by Gasteiger charge is -2.20. The minimum Gasteiger partial charge on any atom is -0.399 e. The number of hydrogen-bond donors (Lipinski definition) is 2. The maximum atomic E-state index is 13.8. The molecular formula is C31H42N6O3.